The van der Waals surface area contributed by atoms with Gasteiger partial charge in [-0.05, 0) is 18.6 Å². The number of non-ortho nitro benzene ring substituents is 1. The largest absolute Gasteiger partial charge is 0.480 e. The molecule has 0 atom stereocenters. The first kappa shape index (κ1) is 24.6. The van der Waals surface area contributed by atoms with Gasteiger partial charge >= 0.3 is 5.97 Å². The molecule has 0 bridgehead atoms. The highest BCUT2D eigenvalue weighted by molar-refractivity contribution is 5.97. The van der Waals surface area contributed by atoms with Crippen molar-refractivity contribution in [3.05, 3.63) is 34.4 Å². The number of hydrogen-bond acceptors (Lipinski definition) is 4. The topological polar surface area (TPSA) is 101 Å². The zero-order chi connectivity index (χ0) is 21.5. The van der Waals surface area contributed by atoms with Gasteiger partial charge in [-0.1, -0.05) is 71.1 Å². The molecule has 0 radical (unpaired) electrons. The number of amides is 1. The van der Waals surface area contributed by atoms with Crippen LogP contribution >= 0.6 is 0 Å². The van der Waals surface area contributed by atoms with Gasteiger partial charge in [-0.3, -0.25) is 19.7 Å². The molecule has 0 aromatic heterocycles. The van der Waals surface area contributed by atoms with E-state index in [1.54, 1.807) is 0 Å². The Morgan fingerprint density at radius 1 is 0.897 bits per heavy atom. The minimum absolute atomic E-state index is 0.0955. The Kier molecular flexibility index (Phi) is 12.3. The van der Waals surface area contributed by atoms with E-state index in [2.05, 4.69) is 6.92 Å². The van der Waals surface area contributed by atoms with Crippen LogP contribution in [0.3, 0.4) is 0 Å². The molecule has 0 spiro atoms. The summed E-state index contributed by atoms with van der Waals surface area (Å²) in [7, 11) is 0. The monoisotopic (exact) mass is 406 g/mol. The molecule has 7 nitrogen and oxygen atoms in total. The number of aliphatic carboxylic acids is 1. The molecule has 7 heteroatoms. The molecule has 0 aliphatic heterocycles. The number of nitro groups is 1. The second kappa shape index (κ2) is 14.5. The lowest BCUT2D eigenvalue weighted by Gasteiger charge is -2.20. The molecule has 0 aliphatic carbocycles. The molecular formula is C22H34N2O5. The van der Waals surface area contributed by atoms with Crippen LogP contribution < -0.4 is 4.90 Å². The lowest BCUT2D eigenvalue weighted by atomic mass is 10.1. The Labute approximate surface area is 173 Å². The molecule has 29 heavy (non-hydrogen) atoms. The molecule has 0 unspecified atom stereocenters. The van der Waals surface area contributed by atoms with Crippen molar-refractivity contribution in [3.63, 3.8) is 0 Å². The Balaban J connectivity index is 2.33. The second-order valence-electron chi connectivity index (χ2n) is 7.43. The van der Waals surface area contributed by atoms with Crippen molar-refractivity contribution in [2.45, 2.75) is 84.0 Å². The SMILES string of the molecule is CCCCCCCCCCCCCC(=O)N(CC(=O)O)c1ccc([N+](=O)[O-])cc1. The predicted molar refractivity (Wildman–Crippen MR) is 114 cm³/mol. The van der Waals surface area contributed by atoms with Crippen LogP contribution in [-0.4, -0.2) is 28.5 Å². The number of rotatable bonds is 16. The van der Waals surface area contributed by atoms with E-state index >= 15 is 0 Å². The highest BCUT2D eigenvalue weighted by Crippen LogP contribution is 2.21. The lowest BCUT2D eigenvalue weighted by Crippen LogP contribution is -2.35. The minimum Gasteiger partial charge on any atom is -0.480 e. The van der Waals surface area contributed by atoms with Gasteiger partial charge in [0.25, 0.3) is 5.69 Å². The van der Waals surface area contributed by atoms with Crippen molar-refractivity contribution in [3.8, 4) is 0 Å². The van der Waals surface area contributed by atoms with Gasteiger partial charge < -0.3 is 10.0 Å². The molecule has 1 aromatic rings. The number of anilines is 1. The predicted octanol–water partition coefficient (Wildman–Crippen LogP) is 5.71. The summed E-state index contributed by atoms with van der Waals surface area (Å²) < 4.78 is 0. The van der Waals surface area contributed by atoms with E-state index in [0.29, 0.717) is 5.69 Å². The normalized spacial score (nSPS) is 10.7. The van der Waals surface area contributed by atoms with Crippen LogP contribution in [0.1, 0.15) is 84.0 Å². The third-order valence-corrected chi connectivity index (χ3v) is 4.96. The van der Waals surface area contributed by atoms with Crippen LogP contribution in [0.15, 0.2) is 24.3 Å². The maximum atomic E-state index is 12.5. The van der Waals surface area contributed by atoms with Gasteiger partial charge in [0.15, 0.2) is 0 Å². The molecule has 0 heterocycles. The molecule has 0 aliphatic rings. The molecule has 1 amide bonds. The first-order valence-corrected chi connectivity index (χ1v) is 10.7. The Morgan fingerprint density at radius 2 is 1.38 bits per heavy atom. The van der Waals surface area contributed by atoms with E-state index in [-0.39, 0.29) is 18.0 Å². The third-order valence-electron chi connectivity index (χ3n) is 4.96. The van der Waals surface area contributed by atoms with E-state index in [1.807, 2.05) is 0 Å². The molecule has 1 aromatic carbocycles. The van der Waals surface area contributed by atoms with E-state index in [0.717, 1.165) is 19.3 Å². The van der Waals surface area contributed by atoms with Gasteiger partial charge in [0, 0.05) is 24.2 Å². The minimum atomic E-state index is -1.12. The zero-order valence-corrected chi connectivity index (χ0v) is 17.5. The van der Waals surface area contributed by atoms with Crippen molar-refractivity contribution in [2.24, 2.45) is 0 Å². The number of hydrogen-bond donors (Lipinski definition) is 1. The number of carboxylic acids is 1. The van der Waals surface area contributed by atoms with E-state index < -0.39 is 17.4 Å². The maximum absolute atomic E-state index is 12.5. The van der Waals surface area contributed by atoms with Crippen molar-refractivity contribution in [1.82, 2.24) is 0 Å². The average molecular weight is 407 g/mol. The summed E-state index contributed by atoms with van der Waals surface area (Å²) in [5, 5.41) is 19.8. The number of carboxylic acid groups (broad SMARTS) is 1. The van der Waals surface area contributed by atoms with Crippen LogP contribution in [0.5, 0.6) is 0 Å². The standard InChI is InChI=1S/C22H34N2O5/c1-2-3-4-5-6-7-8-9-10-11-12-13-21(25)23(18-22(26)27)19-14-16-20(17-15-19)24(28)29/h14-17H,2-13,18H2,1H3,(H,26,27). The van der Waals surface area contributed by atoms with Crippen LogP contribution in [0.2, 0.25) is 0 Å². The summed E-state index contributed by atoms with van der Waals surface area (Å²) >= 11 is 0. The third kappa shape index (κ3) is 10.6. The molecule has 1 N–H and O–H groups in total. The summed E-state index contributed by atoms with van der Waals surface area (Å²) in [5.41, 5.74) is 0.271. The van der Waals surface area contributed by atoms with Gasteiger partial charge in [-0.25, -0.2) is 0 Å². The molecule has 0 saturated heterocycles. The quantitative estimate of drug-likeness (QED) is 0.215. The van der Waals surface area contributed by atoms with Gasteiger partial charge in [0.05, 0.1) is 4.92 Å². The fourth-order valence-electron chi connectivity index (χ4n) is 3.29. The fraction of sp³-hybridized carbons (Fsp3) is 0.636. The summed E-state index contributed by atoms with van der Waals surface area (Å²) in [6, 6.07) is 5.39. The smallest absolute Gasteiger partial charge is 0.323 e. The highest BCUT2D eigenvalue weighted by Gasteiger charge is 2.19. The number of benzene rings is 1. The molecule has 0 fully saturated rings. The second-order valence-corrected chi connectivity index (χ2v) is 7.43. The Bertz CT molecular complexity index is 631. The lowest BCUT2D eigenvalue weighted by molar-refractivity contribution is -0.384. The summed E-state index contributed by atoms with van der Waals surface area (Å²) in [4.78, 5) is 35.0. The molecular weight excluding hydrogens is 372 g/mol. The highest BCUT2D eigenvalue weighted by atomic mass is 16.6. The van der Waals surface area contributed by atoms with Crippen LogP contribution in [0.25, 0.3) is 0 Å². The summed E-state index contributed by atoms with van der Waals surface area (Å²) in [6.07, 6.45) is 13.3. The number of carbonyl (C=O) groups excluding carboxylic acids is 1. The first-order valence-electron chi connectivity index (χ1n) is 10.7. The molecule has 162 valence electrons. The van der Waals surface area contributed by atoms with Crippen LogP contribution in [0, 0.1) is 10.1 Å². The van der Waals surface area contributed by atoms with Crippen LogP contribution in [-0.2, 0) is 9.59 Å². The van der Waals surface area contributed by atoms with Crippen molar-refractivity contribution >= 4 is 23.3 Å². The van der Waals surface area contributed by atoms with Crippen molar-refractivity contribution in [2.75, 3.05) is 11.4 Å². The Morgan fingerprint density at radius 3 is 1.83 bits per heavy atom. The Hall–Kier alpha value is -2.44. The maximum Gasteiger partial charge on any atom is 0.323 e. The average Bonchev–Trinajstić information content (AvgIpc) is 2.70. The van der Waals surface area contributed by atoms with E-state index in [4.69, 9.17) is 5.11 Å². The first-order chi connectivity index (χ1) is 14.0. The van der Waals surface area contributed by atoms with E-state index in [9.17, 15) is 19.7 Å². The van der Waals surface area contributed by atoms with Crippen LogP contribution in [0.4, 0.5) is 11.4 Å². The summed E-state index contributed by atoms with van der Waals surface area (Å²) in [6.45, 7) is 1.77. The van der Waals surface area contributed by atoms with Crippen molar-refractivity contribution in [1.29, 1.82) is 0 Å². The van der Waals surface area contributed by atoms with Crippen molar-refractivity contribution < 1.29 is 19.6 Å². The molecule has 1 rings (SSSR count). The zero-order valence-electron chi connectivity index (χ0n) is 17.5. The van der Waals surface area contributed by atoms with Gasteiger partial charge in [-0.15, -0.1) is 0 Å². The van der Waals surface area contributed by atoms with Gasteiger partial charge in [-0.2, -0.15) is 0 Å². The van der Waals surface area contributed by atoms with Gasteiger partial charge in [0.2, 0.25) is 5.91 Å². The molecule has 0 saturated carbocycles. The number of carbonyl (C=O) groups is 2. The number of nitrogens with zero attached hydrogens (tertiary/aromatic N) is 2. The summed E-state index contributed by atoms with van der Waals surface area (Å²) in [5.74, 6) is -1.38. The number of nitro benzene ring substituents is 1. The number of unbranched alkanes of at least 4 members (excludes halogenated alkanes) is 10. The van der Waals surface area contributed by atoms with Gasteiger partial charge in [0.1, 0.15) is 6.54 Å². The van der Waals surface area contributed by atoms with E-state index in [1.165, 1.54) is 80.5 Å². The fourth-order valence-corrected chi connectivity index (χ4v) is 3.29.